The smallest absolute Gasteiger partial charge is 0.319 e. The number of carbonyl (C=O) groups is 1. The van der Waals surface area contributed by atoms with Crippen LogP contribution in [0.25, 0.3) is 0 Å². The Hall–Kier alpha value is -2.89. The Morgan fingerprint density at radius 2 is 1.88 bits per heavy atom. The fourth-order valence-corrected chi connectivity index (χ4v) is 2.27. The van der Waals surface area contributed by atoms with Gasteiger partial charge in [0.25, 0.3) is 0 Å². The third-order valence-corrected chi connectivity index (χ3v) is 3.33. The second-order valence-corrected chi connectivity index (χ2v) is 4.92. The van der Waals surface area contributed by atoms with E-state index >= 15 is 0 Å². The molecule has 0 spiro atoms. The quantitative estimate of drug-likeness (QED) is 0.816. The first kappa shape index (κ1) is 17.5. The molecule has 128 valence electrons. The van der Waals surface area contributed by atoms with E-state index < -0.39 is 0 Å². The maximum absolute atomic E-state index is 12.1. The summed E-state index contributed by atoms with van der Waals surface area (Å²) in [6, 6.07) is 12.5. The van der Waals surface area contributed by atoms with Crippen molar-refractivity contribution in [3.8, 4) is 17.2 Å². The van der Waals surface area contributed by atoms with Crippen molar-refractivity contribution in [3.63, 3.8) is 0 Å². The van der Waals surface area contributed by atoms with Crippen molar-refractivity contribution in [2.45, 2.75) is 13.5 Å². The molecule has 2 aromatic rings. The van der Waals surface area contributed by atoms with E-state index in [4.69, 9.17) is 14.2 Å². The molecule has 24 heavy (non-hydrogen) atoms. The first-order chi connectivity index (χ1) is 11.7. The zero-order chi connectivity index (χ0) is 17.4. The van der Waals surface area contributed by atoms with E-state index in [9.17, 15) is 4.79 Å². The van der Waals surface area contributed by atoms with Gasteiger partial charge in [0.15, 0.2) is 11.5 Å². The normalized spacial score (nSPS) is 9.96. The minimum absolute atomic E-state index is 0.312. The largest absolute Gasteiger partial charge is 0.494 e. The Labute approximate surface area is 141 Å². The van der Waals surface area contributed by atoms with Gasteiger partial charge >= 0.3 is 6.03 Å². The molecule has 6 nitrogen and oxygen atoms in total. The Balaban J connectivity index is 1.97. The molecular weight excluding hydrogens is 308 g/mol. The van der Waals surface area contributed by atoms with Gasteiger partial charge in [-0.25, -0.2) is 4.79 Å². The lowest BCUT2D eigenvalue weighted by Gasteiger charge is -2.13. The van der Waals surface area contributed by atoms with E-state index in [0.717, 1.165) is 5.56 Å². The second kappa shape index (κ2) is 8.67. The maximum atomic E-state index is 12.1. The number of hydrogen-bond donors (Lipinski definition) is 2. The summed E-state index contributed by atoms with van der Waals surface area (Å²) in [6.45, 7) is 2.80. The van der Waals surface area contributed by atoms with Crippen LogP contribution in [0, 0.1) is 0 Å². The Morgan fingerprint density at radius 3 is 2.58 bits per heavy atom. The average molecular weight is 330 g/mol. The minimum Gasteiger partial charge on any atom is -0.494 e. The first-order valence-corrected chi connectivity index (χ1v) is 7.65. The van der Waals surface area contributed by atoms with Crippen LogP contribution in [0.15, 0.2) is 42.5 Å². The number of anilines is 1. The monoisotopic (exact) mass is 330 g/mol. The topological polar surface area (TPSA) is 68.8 Å². The number of amides is 2. The second-order valence-electron chi connectivity index (χ2n) is 4.92. The standard InChI is InChI=1S/C18H22N2O4/c1-4-24-15-9-6-8-14(11-15)20-18(21)19-12-13-7-5-10-16(22-2)17(13)23-3/h5-11H,4,12H2,1-3H3,(H2,19,20,21). The van der Waals surface area contributed by atoms with E-state index in [-0.39, 0.29) is 6.03 Å². The van der Waals surface area contributed by atoms with Gasteiger partial charge in [0, 0.05) is 23.9 Å². The predicted molar refractivity (Wildman–Crippen MR) is 93.0 cm³/mol. The van der Waals surface area contributed by atoms with Crippen molar-refractivity contribution in [3.05, 3.63) is 48.0 Å². The minimum atomic E-state index is -0.312. The Kier molecular flexibility index (Phi) is 6.31. The van der Waals surface area contributed by atoms with Crippen molar-refractivity contribution < 1.29 is 19.0 Å². The van der Waals surface area contributed by atoms with Crippen LogP contribution in [0.3, 0.4) is 0 Å². The molecule has 2 rings (SSSR count). The third kappa shape index (κ3) is 4.55. The average Bonchev–Trinajstić information content (AvgIpc) is 2.60. The summed E-state index contributed by atoms with van der Waals surface area (Å²) in [6.07, 6.45) is 0. The van der Waals surface area contributed by atoms with Gasteiger partial charge in [-0.3, -0.25) is 0 Å². The molecule has 0 bridgehead atoms. The van der Waals surface area contributed by atoms with Crippen molar-refractivity contribution >= 4 is 11.7 Å². The molecule has 6 heteroatoms. The molecule has 2 amide bonds. The van der Waals surface area contributed by atoms with Gasteiger partial charge in [0.2, 0.25) is 0 Å². The lowest BCUT2D eigenvalue weighted by molar-refractivity contribution is 0.251. The van der Waals surface area contributed by atoms with E-state index in [1.165, 1.54) is 0 Å². The molecule has 2 N–H and O–H groups in total. The van der Waals surface area contributed by atoms with Gasteiger partial charge in [-0.2, -0.15) is 0 Å². The number of rotatable bonds is 7. The fraction of sp³-hybridized carbons (Fsp3) is 0.278. The molecule has 2 aromatic carbocycles. The highest BCUT2D eigenvalue weighted by Gasteiger charge is 2.10. The SMILES string of the molecule is CCOc1cccc(NC(=O)NCc2cccc(OC)c2OC)c1. The number of nitrogens with one attached hydrogen (secondary N) is 2. The highest BCUT2D eigenvalue weighted by atomic mass is 16.5. The Bertz CT molecular complexity index is 688. The van der Waals surface area contributed by atoms with Crippen molar-refractivity contribution in [1.29, 1.82) is 0 Å². The highest BCUT2D eigenvalue weighted by molar-refractivity contribution is 5.89. The van der Waals surface area contributed by atoms with Crippen LogP contribution >= 0.6 is 0 Å². The zero-order valence-corrected chi connectivity index (χ0v) is 14.1. The molecular formula is C18H22N2O4. The molecule has 0 aliphatic carbocycles. The summed E-state index contributed by atoms with van der Waals surface area (Å²) < 4.78 is 16.0. The van der Waals surface area contributed by atoms with Gasteiger partial charge < -0.3 is 24.8 Å². The number of carbonyl (C=O) groups excluding carboxylic acids is 1. The predicted octanol–water partition coefficient (Wildman–Crippen LogP) is 3.42. The highest BCUT2D eigenvalue weighted by Crippen LogP contribution is 2.30. The summed E-state index contributed by atoms with van der Waals surface area (Å²) in [5, 5.41) is 5.57. The lowest BCUT2D eigenvalue weighted by atomic mass is 10.2. The molecule has 0 radical (unpaired) electrons. The molecule has 0 fully saturated rings. The lowest BCUT2D eigenvalue weighted by Crippen LogP contribution is -2.28. The number of methoxy groups -OCH3 is 2. The Morgan fingerprint density at radius 1 is 1.08 bits per heavy atom. The summed E-state index contributed by atoms with van der Waals surface area (Å²) in [5.74, 6) is 1.95. The van der Waals surface area contributed by atoms with Crippen LogP contribution in [0.2, 0.25) is 0 Å². The van der Waals surface area contributed by atoms with Gasteiger partial charge in [-0.1, -0.05) is 18.2 Å². The van der Waals surface area contributed by atoms with E-state index in [2.05, 4.69) is 10.6 Å². The van der Waals surface area contributed by atoms with Gasteiger partial charge in [0.05, 0.1) is 20.8 Å². The molecule has 0 atom stereocenters. The molecule has 0 saturated carbocycles. The third-order valence-electron chi connectivity index (χ3n) is 3.33. The van der Waals surface area contributed by atoms with Gasteiger partial charge in [-0.15, -0.1) is 0 Å². The fourth-order valence-electron chi connectivity index (χ4n) is 2.27. The van der Waals surface area contributed by atoms with Crippen molar-refractivity contribution in [2.75, 3.05) is 26.1 Å². The molecule has 0 saturated heterocycles. The molecule has 0 aliphatic rings. The van der Waals surface area contributed by atoms with Crippen LogP contribution in [-0.4, -0.2) is 26.9 Å². The number of hydrogen-bond acceptors (Lipinski definition) is 4. The van der Waals surface area contributed by atoms with Crippen LogP contribution in [0.5, 0.6) is 17.2 Å². The van der Waals surface area contributed by atoms with Crippen LogP contribution in [0.4, 0.5) is 10.5 Å². The van der Waals surface area contributed by atoms with Crippen molar-refractivity contribution in [1.82, 2.24) is 5.32 Å². The van der Waals surface area contributed by atoms with Crippen LogP contribution in [-0.2, 0) is 6.54 Å². The summed E-state index contributed by atoms with van der Waals surface area (Å²) >= 11 is 0. The summed E-state index contributed by atoms with van der Waals surface area (Å²) in [7, 11) is 3.15. The first-order valence-electron chi connectivity index (χ1n) is 7.65. The van der Waals surface area contributed by atoms with E-state index in [1.54, 1.807) is 26.4 Å². The van der Waals surface area contributed by atoms with Crippen molar-refractivity contribution in [2.24, 2.45) is 0 Å². The number of para-hydroxylation sites is 1. The molecule has 0 aliphatic heterocycles. The van der Waals surface area contributed by atoms with E-state index in [0.29, 0.717) is 36.1 Å². The molecule has 0 unspecified atom stereocenters. The summed E-state index contributed by atoms with van der Waals surface area (Å²) in [5.41, 5.74) is 1.49. The molecule has 0 heterocycles. The number of benzene rings is 2. The number of urea groups is 1. The molecule has 0 aromatic heterocycles. The number of ether oxygens (including phenoxy) is 3. The van der Waals surface area contributed by atoms with Gasteiger partial charge in [0.1, 0.15) is 5.75 Å². The van der Waals surface area contributed by atoms with Crippen LogP contribution in [0.1, 0.15) is 12.5 Å². The maximum Gasteiger partial charge on any atom is 0.319 e. The summed E-state index contributed by atoms with van der Waals surface area (Å²) in [4.78, 5) is 12.1. The van der Waals surface area contributed by atoms with Gasteiger partial charge in [-0.05, 0) is 25.1 Å². The van der Waals surface area contributed by atoms with E-state index in [1.807, 2.05) is 37.3 Å². The van der Waals surface area contributed by atoms with Crippen LogP contribution < -0.4 is 24.8 Å². The zero-order valence-electron chi connectivity index (χ0n) is 14.1.